The van der Waals surface area contributed by atoms with Gasteiger partial charge >= 0.3 is 0 Å². The molecule has 0 radical (unpaired) electrons. The monoisotopic (exact) mass is 118 g/mol. The van der Waals surface area contributed by atoms with E-state index in [9.17, 15) is 0 Å². The van der Waals surface area contributed by atoms with Crippen molar-refractivity contribution in [3.05, 3.63) is 0 Å². The average Bonchev–Trinajstić information content (AvgIpc) is 1.61. The Morgan fingerprint density at radius 1 is 1.71 bits per heavy atom. The third-order valence-corrected chi connectivity index (χ3v) is 1.48. The van der Waals surface area contributed by atoms with Crippen molar-refractivity contribution in [2.75, 3.05) is 13.7 Å². The summed E-state index contributed by atoms with van der Waals surface area (Å²) in [6.45, 7) is 3.19. The van der Waals surface area contributed by atoms with Crippen molar-refractivity contribution in [1.29, 1.82) is 0 Å². The Morgan fingerprint density at radius 2 is 2.29 bits per heavy atom. The van der Waals surface area contributed by atoms with Crippen LogP contribution in [0.4, 0.5) is 0 Å². The van der Waals surface area contributed by atoms with E-state index in [1.54, 1.807) is 7.11 Å². The molecule has 0 aromatic rings. The molecular weight excluding hydrogens is 104 g/mol. The van der Waals surface area contributed by atoms with Gasteiger partial charge in [0, 0.05) is 24.0 Å². The van der Waals surface area contributed by atoms with Crippen LogP contribution in [0.25, 0.3) is 0 Å². The largest absolute Gasteiger partial charge is 0.385 e. The van der Waals surface area contributed by atoms with E-state index in [1.807, 2.05) is 0 Å². The Morgan fingerprint density at radius 3 is 2.43 bits per heavy atom. The summed E-state index contributed by atoms with van der Waals surface area (Å²) in [5.41, 5.74) is 0.917. The van der Waals surface area contributed by atoms with Gasteiger partial charge in [-0.05, 0) is 6.42 Å². The maximum absolute atomic E-state index is 4.87. The second-order valence-electron chi connectivity index (χ2n) is 2.18. The highest BCUT2D eigenvalue weighted by molar-refractivity contribution is 6.11. The lowest BCUT2D eigenvalue weighted by Gasteiger charge is -1.99. The third kappa shape index (κ3) is 6.18. The van der Waals surface area contributed by atoms with Gasteiger partial charge in [0.25, 0.3) is 0 Å². The average molecular weight is 118 g/mol. The molecule has 0 rings (SSSR count). The molecule has 0 bridgehead atoms. The predicted octanol–water partition coefficient (Wildman–Crippen LogP) is 0.197. The summed E-state index contributed by atoms with van der Waals surface area (Å²) in [5.74, 6) is 0. The molecule has 7 heavy (non-hydrogen) atoms. The molecule has 1 atom stereocenters. The van der Waals surface area contributed by atoms with Gasteiger partial charge < -0.3 is 4.74 Å². The van der Waals surface area contributed by atoms with Crippen LogP contribution >= 0.6 is 0 Å². The lowest BCUT2D eigenvalue weighted by atomic mass is 10.3. The minimum absolute atomic E-state index is 0.917. The zero-order valence-corrected chi connectivity index (χ0v) is 7.40. The summed E-state index contributed by atoms with van der Waals surface area (Å²) < 4.78 is 4.87. The van der Waals surface area contributed by atoms with Gasteiger partial charge in [-0.3, -0.25) is 0 Å². The number of hydrogen-bond donors (Lipinski definition) is 0. The smallest absolute Gasteiger partial charge is 0.0461 e. The second kappa shape index (κ2) is 4.34. The zero-order valence-electron chi connectivity index (χ0n) is 5.40. The van der Waals surface area contributed by atoms with E-state index >= 15 is 0 Å². The van der Waals surface area contributed by atoms with Crippen molar-refractivity contribution < 1.29 is 4.74 Å². The number of rotatable bonds is 3. The minimum Gasteiger partial charge on any atom is -0.385 e. The molecule has 0 amide bonds. The van der Waals surface area contributed by atoms with Crippen LogP contribution in [-0.2, 0) is 4.74 Å². The van der Waals surface area contributed by atoms with Crippen LogP contribution in [0, 0.1) is 0 Å². The molecule has 2 heteroatoms. The Bertz CT molecular complexity index is 37.1. The molecule has 44 valence electrons. The summed E-state index contributed by atoms with van der Waals surface area (Å²) in [4.78, 5) is 0. The highest BCUT2D eigenvalue weighted by atomic mass is 28.1. The maximum atomic E-state index is 4.87. The molecule has 0 fully saturated rings. The second-order valence-corrected chi connectivity index (χ2v) is 4.15. The molecule has 0 heterocycles. The predicted molar refractivity (Wildman–Crippen MR) is 35.9 cm³/mol. The molecule has 0 aromatic carbocycles. The fraction of sp³-hybridized carbons (Fsp3) is 1.00. The molecule has 1 unspecified atom stereocenters. The lowest BCUT2D eigenvalue weighted by molar-refractivity contribution is 0.194. The Hall–Kier alpha value is 0.177. The van der Waals surface area contributed by atoms with Crippen LogP contribution in [0.3, 0.4) is 0 Å². The van der Waals surface area contributed by atoms with Gasteiger partial charge in [-0.25, -0.2) is 0 Å². The van der Waals surface area contributed by atoms with Gasteiger partial charge in [0.1, 0.15) is 0 Å². The number of hydrogen-bond acceptors (Lipinski definition) is 1. The first-order chi connectivity index (χ1) is 3.27. The highest BCUT2D eigenvalue weighted by Gasteiger charge is 1.89. The summed E-state index contributed by atoms with van der Waals surface area (Å²) in [6.07, 6.45) is 1.24. The third-order valence-electron chi connectivity index (χ3n) is 0.899. The van der Waals surface area contributed by atoms with Crippen molar-refractivity contribution in [2.24, 2.45) is 0 Å². The van der Waals surface area contributed by atoms with E-state index in [4.69, 9.17) is 4.74 Å². The standard InChI is InChI=1S/C5H14OSi/c1-5(7)3-4-6-2/h5H,3-4H2,1-2,7H3. The van der Waals surface area contributed by atoms with Gasteiger partial charge in [-0.1, -0.05) is 12.5 Å². The van der Waals surface area contributed by atoms with Gasteiger partial charge in [-0.2, -0.15) is 0 Å². The van der Waals surface area contributed by atoms with Crippen molar-refractivity contribution in [1.82, 2.24) is 0 Å². The van der Waals surface area contributed by atoms with Crippen molar-refractivity contribution in [3.8, 4) is 0 Å². The van der Waals surface area contributed by atoms with Crippen molar-refractivity contribution >= 4 is 10.2 Å². The minimum atomic E-state index is 0.917. The van der Waals surface area contributed by atoms with Gasteiger partial charge in [0.15, 0.2) is 0 Å². The van der Waals surface area contributed by atoms with E-state index < -0.39 is 0 Å². The van der Waals surface area contributed by atoms with Crippen LogP contribution in [0.1, 0.15) is 13.3 Å². The van der Waals surface area contributed by atoms with E-state index in [0.29, 0.717) is 0 Å². The van der Waals surface area contributed by atoms with Crippen LogP contribution in [-0.4, -0.2) is 24.0 Å². The van der Waals surface area contributed by atoms with Gasteiger partial charge in [-0.15, -0.1) is 0 Å². The molecule has 0 aliphatic carbocycles. The summed E-state index contributed by atoms with van der Waals surface area (Å²) in [6, 6.07) is 0. The SMILES string of the molecule is COCCC(C)[SiH3]. The molecule has 0 saturated carbocycles. The van der Waals surface area contributed by atoms with Crippen LogP contribution in [0.2, 0.25) is 5.54 Å². The van der Waals surface area contributed by atoms with Crippen molar-refractivity contribution in [3.63, 3.8) is 0 Å². The van der Waals surface area contributed by atoms with Crippen molar-refractivity contribution in [2.45, 2.75) is 18.9 Å². The van der Waals surface area contributed by atoms with E-state index in [1.165, 1.54) is 16.7 Å². The van der Waals surface area contributed by atoms with Gasteiger partial charge in [0.2, 0.25) is 0 Å². The fourth-order valence-corrected chi connectivity index (χ4v) is 0.589. The normalized spacial score (nSPS) is 14.6. The first kappa shape index (κ1) is 7.18. The highest BCUT2D eigenvalue weighted by Crippen LogP contribution is 2.00. The van der Waals surface area contributed by atoms with Crippen LogP contribution in [0.5, 0.6) is 0 Å². The molecule has 0 N–H and O–H groups in total. The van der Waals surface area contributed by atoms with E-state index in [2.05, 4.69) is 6.92 Å². The summed E-state index contributed by atoms with van der Waals surface area (Å²) in [7, 11) is 3.06. The summed E-state index contributed by atoms with van der Waals surface area (Å²) >= 11 is 0. The lowest BCUT2D eigenvalue weighted by Crippen LogP contribution is -1.92. The Kier molecular flexibility index (Phi) is 4.45. The quantitative estimate of drug-likeness (QED) is 0.481. The van der Waals surface area contributed by atoms with E-state index in [-0.39, 0.29) is 0 Å². The maximum Gasteiger partial charge on any atom is 0.0461 e. The number of methoxy groups -OCH3 is 1. The fourth-order valence-electron chi connectivity index (χ4n) is 0.354. The molecule has 0 aliphatic rings. The van der Waals surface area contributed by atoms with Crippen LogP contribution in [0.15, 0.2) is 0 Å². The summed E-state index contributed by atoms with van der Waals surface area (Å²) in [5, 5.41) is 0. The van der Waals surface area contributed by atoms with Crippen LogP contribution < -0.4 is 0 Å². The molecule has 0 aromatic heterocycles. The van der Waals surface area contributed by atoms with Gasteiger partial charge in [0.05, 0.1) is 0 Å². The Balaban J connectivity index is 2.68. The topological polar surface area (TPSA) is 9.23 Å². The molecular formula is C5H14OSi. The molecule has 0 aliphatic heterocycles. The first-order valence-electron chi connectivity index (χ1n) is 2.76. The first-order valence-corrected chi connectivity index (χ1v) is 3.91. The molecule has 1 nitrogen and oxygen atoms in total. The molecule has 0 saturated heterocycles. The van der Waals surface area contributed by atoms with E-state index in [0.717, 1.165) is 12.1 Å². The Labute approximate surface area is 48.5 Å². The number of ether oxygens (including phenoxy) is 1. The molecule has 0 spiro atoms. The zero-order chi connectivity index (χ0) is 5.70.